The Balaban J connectivity index is 1.43. The summed E-state index contributed by atoms with van der Waals surface area (Å²) in [6.45, 7) is 6.29. The predicted octanol–water partition coefficient (Wildman–Crippen LogP) is 4.85. The number of thiocarbonyl (C=S) groups is 1. The molecule has 32 heavy (non-hydrogen) atoms. The smallest absolute Gasteiger partial charge is 0.231 e. The van der Waals surface area contributed by atoms with Gasteiger partial charge in [-0.05, 0) is 62.5 Å². The number of nitrogens with one attached hydrogen (secondary N) is 2. The number of anilines is 2. The molecule has 0 amide bonds. The fraction of sp³-hybridized carbons (Fsp3) is 0.542. The maximum absolute atomic E-state index is 6.12. The van der Waals surface area contributed by atoms with Crippen LogP contribution in [-0.2, 0) is 10.2 Å². The average molecular weight is 474 g/mol. The third-order valence-electron chi connectivity index (χ3n) is 6.49. The maximum atomic E-state index is 6.12. The zero-order valence-corrected chi connectivity index (χ0v) is 20.3. The van der Waals surface area contributed by atoms with Crippen LogP contribution < -0.4 is 15.5 Å². The van der Waals surface area contributed by atoms with Crippen LogP contribution in [-0.4, -0.2) is 47.9 Å². The van der Waals surface area contributed by atoms with Gasteiger partial charge in [0.2, 0.25) is 5.95 Å². The highest BCUT2D eigenvalue weighted by Gasteiger charge is 2.34. The standard InChI is InChI=1S/C24H32ClN5OS/c1-18-16-21(30-12-4-2-3-5-13-30)28-22(27-18)29-23(32)26-17-24(10-14-31-15-11-24)19-6-8-20(25)9-7-19/h6-9,16H,2-5,10-15,17H2,1H3,(H2,26,27,28,29,32). The van der Waals surface area contributed by atoms with E-state index in [2.05, 4.69) is 38.7 Å². The van der Waals surface area contributed by atoms with Crippen molar-refractivity contribution in [2.45, 2.75) is 50.9 Å². The molecule has 3 heterocycles. The van der Waals surface area contributed by atoms with Gasteiger partial charge in [0.15, 0.2) is 5.11 Å². The highest BCUT2D eigenvalue weighted by Crippen LogP contribution is 2.35. The zero-order chi connectivity index (χ0) is 22.4. The van der Waals surface area contributed by atoms with Crippen LogP contribution in [0.2, 0.25) is 5.02 Å². The third-order valence-corrected chi connectivity index (χ3v) is 6.99. The number of hydrogen-bond donors (Lipinski definition) is 2. The van der Waals surface area contributed by atoms with Crippen molar-refractivity contribution in [2.75, 3.05) is 43.1 Å². The molecule has 0 radical (unpaired) electrons. The summed E-state index contributed by atoms with van der Waals surface area (Å²) < 4.78 is 5.64. The molecule has 2 aliphatic rings. The molecule has 2 aliphatic heterocycles. The van der Waals surface area contributed by atoms with Gasteiger partial charge in [-0.25, -0.2) is 4.98 Å². The molecule has 8 heteroatoms. The first-order valence-corrected chi connectivity index (χ1v) is 12.3. The van der Waals surface area contributed by atoms with Gasteiger partial charge in [0.1, 0.15) is 5.82 Å². The van der Waals surface area contributed by atoms with Crippen molar-refractivity contribution in [3.63, 3.8) is 0 Å². The summed E-state index contributed by atoms with van der Waals surface area (Å²) in [5, 5.41) is 7.92. The summed E-state index contributed by atoms with van der Waals surface area (Å²) >= 11 is 11.7. The van der Waals surface area contributed by atoms with Crippen molar-refractivity contribution in [1.29, 1.82) is 0 Å². The second kappa shape index (κ2) is 10.8. The molecule has 2 saturated heterocycles. The van der Waals surface area contributed by atoms with Crippen LogP contribution in [0.25, 0.3) is 0 Å². The summed E-state index contributed by atoms with van der Waals surface area (Å²) in [5.41, 5.74) is 2.15. The molecule has 4 rings (SSSR count). The molecule has 1 aromatic heterocycles. The van der Waals surface area contributed by atoms with Crippen molar-refractivity contribution in [3.8, 4) is 0 Å². The lowest BCUT2D eigenvalue weighted by molar-refractivity contribution is 0.0515. The van der Waals surface area contributed by atoms with Gasteiger partial charge in [-0.15, -0.1) is 0 Å². The minimum Gasteiger partial charge on any atom is -0.381 e. The van der Waals surface area contributed by atoms with E-state index in [0.717, 1.165) is 55.7 Å². The SMILES string of the molecule is Cc1cc(N2CCCCCC2)nc(NC(=S)NCC2(c3ccc(Cl)cc3)CCOCC2)n1. The Kier molecular flexibility index (Phi) is 7.81. The molecule has 0 bridgehead atoms. The van der Waals surface area contributed by atoms with Crippen molar-refractivity contribution in [2.24, 2.45) is 0 Å². The third kappa shape index (κ3) is 5.88. The Labute approximate surface area is 201 Å². The van der Waals surface area contributed by atoms with Crippen LogP contribution in [0.3, 0.4) is 0 Å². The van der Waals surface area contributed by atoms with Crippen LogP contribution in [0, 0.1) is 6.92 Å². The van der Waals surface area contributed by atoms with E-state index in [1.807, 2.05) is 19.1 Å². The van der Waals surface area contributed by atoms with E-state index in [1.54, 1.807) is 0 Å². The molecule has 0 unspecified atom stereocenters. The van der Waals surface area contributed by atoms with Crippen molar-refractivity contribution < 1.29 is 4.74 Å². The second-order valence-electron chi connectivity index (χ2n) is 8.80. The Morgan fingerprint density at radius 3 is 2.47 bits per heavy atom. The molecule has 2 N–H and O–H groups in total. The summed E-state index contributed by atoms with van der Waals surface area (Å²) in [6.07, 6.45) is 6.87. The zero-order valence-electron chi connectivity index (χ0n) is 18.7. The maximum Gasteiger partial charge on any atom is 0.231 e. The number of halogens is 1. The molecule has 2 aromatic rings. The topological polar surface area (TPSA) is 62.3 Å². The summed E-state index contributed by atoms with van der Waals surface area (Å²) in [6, 6.07) is 10.2. The lowest BCUT2D eigenvalue weighted by atomic mass is 9.74. The van der Waals surface area contributed by atoms with E-state index in [9.17, 15) is 0 Å². The van der Waals surface area contributed by atoms with Crippen LogP contribution in [0.15, 0.2) is 30.3 Å². The molecule has 2 fully saturated rings. The fourth-order valence-electron chi connectivity index (χ4n) is 4.60. The molecular weight excluding hydrogens is 442 g/mol. The van der Waals surface area contributed by atoms with Crippen LogP contribution in [0.4, 0.5) is 11.8 Å². The van der Waals surface area contributed by atoms with Crippen LogP contribution in [0.1, 0.15) is 49.8 Å². The van der Waals surface area contributed by atoms with Gasteiger partial charge in [0.05, 0.1) is 0 Å². The second-order valence-corrected chi connectivity index (χ2v) is 9.64. The number of rotatable bonds is 5. The largest absolute Gasteiger partial charge is 0.381 e. The molecule has 6 nitrogen and oxygen atoms in total. The average Bonchev–Trinajstić information content (AvgIpc) is 3.08. The van der Waals surface area contributed by atoms with Gasteiger partial charge in [-0.1, -0.05) is 36.6 Å². The highest BCUT2D eigenvalue weighted by atomic mass is 35.5. The fourth-order valence-corrected chi connectivity index (χ4v) is 4.89. The molecule has 0 atom stereocenters. The van der Waals surface area contributed by atoms with Crippen molar-refractivity contribution >= 4 is 40.7 Å². The number of nitrogens with zero attached hydrogens (tertiary/aromatic N) is 3. The molecule has 0 spiro atoms. The predicted molar refractivity (Wildman–Crippen MR) is 135 cm³/mol. The van der Waals surface area contributed by atoms with Gasteiger partial charge in [0.25, 0.3) is 0 Å². The van der Waals surface area contributed by atoms with E-state index in [1.165, 1.54) is 31.2 Å². The number of aromatic nitrogens is 2. The number of hydrogen-bond acceptors (Lipinski definition) is 5. The Morgan fingerprint density at radius 2 is 1.78 bits per heavy atom. The van der Waals surface area contributed by atoms with Crippen molar-refractivity contribution in [1.82, 2.24) is 15.3 Å². The first-order valence-electron chi connectivity index (χ1n) is 11.5. The lowest BCUT2D eigenvalue weighted by Crippen LogP contribution is -2.45. The monoisotopic (exact) mass is 473 g/mol. The first kappa shape index (κ1) is 23.2. The first-order chi connectivity index (χ1) is 15.5. The summed E-state index contributed by atoms with van der Waals surface area (Å²) in [5.74, 6) is 1.53. The van der Waals surface area contributed by atoms with Gasteiger partial charge in [-0.2, -0.15) is 4.98 Å². The van der Waals surface area contributed by atoms with E-state index in [4.69, 9.17) is 33.5 Å². The van der Waals surface area contributed by atoms with Gasteiger partial charge in [-0.3, -0.25) is 0 Å². The summed E-state index contributed by atoms with van der Waals surface area (Å²) in [4.78, 5) is 11.7. The Bertz CT molecular complexity index is 909. The van der Waals surface area contributed by atoms with E-state index in [0.29, 0.717) is 17.6 Å². The molecule has 1 aromatic carbocycles. The molecule has 172 valence electrons. The molecule has 0 saturated carbocycles. The minimum absolute atomic E-state index is 0.0424. The Hall–Kier alpha value is -1.96. The lowest BCUT2D eigenvalue weighted by Gasteiger charge is -2.38. The number of aryl methyl sites for hydroxylation is 1. The molecule has 0 aliphatic carbocycles. The van der Waals surface area contributed by atoms with Gasteiger partial charge >= 0.3 is 0 Å². The number of benzene rings is 1. The summed E-state index contributed by atoms with van der Waals surface area (Å²) in [7, 11) is 0. The van der Waals surface area contributed by atoms with E-state index < -0.39 is 0 Å². The highest BCUT2D eigenvalue weighted by molar-refractivity contribution is 7.80. The van der Waals surface area contributed by atoms with Gasteiger partial charge in [0, 0.05) is 55.0 Å². The van der Waals surface area contributed by atoms with E-state index >= 15 is 0 Å². The van der Waals surface area contributed by atoms with Crippen LogP contribution >= 0.6 is 23.8 Å². The van der Waals surface area contributed by atoms with E-state index in [-0.39, 0.29) is 5.41 Å². The van der Waals surface area contributed by atoms with Gasteiger partial charge < -0.3 is 20.3 Å². The Morgan fingerprint density at radius 1 is 1.09 bits per heavy atom. The van der Waals surface area contributed by atoms with Crippen molar-refractivity contribution in [3.05, 3.63) is 46.6 Å². The number of ether oxygens (including phenoxy) is 1. The molecular formula is C24H32ClN5OS. The normalized spacial score (nSPS) is 18.6. The minimum atomic E-state index is -0.0424. The quantitative estimate of drug-likeness (QED) is 0.601. The van der Waals surface area contributed by atoms with Crippen LogP contribution in [0.5, 0.6) is 0 Å².